The molecule has 1 aliphatic rings. The highest BCUT2D eigenvalue weighted by atomic mass is 35.5. The summed E-state index contributed by atoms with van der Waals surface area (Å²) in [5.74, 6) is -0.0247. The zero-order valence-electron chi connectivity index (χ0n) is 14.3. The van der Waals surface area contributed by atoms with Gasteiger partial charge < -0.3 is 5.32 Å². The molecule has 0 saturated heterocycles. The molecule has 0 spiro atoms. The normalized spacial score (nSPS) is 14.5. The van der Waals surface area contributed by atoms with Gasteiger partial charge in [0.25, 0.3) is 6.04 Å². The van der Waals surface area contributed by atoms with Gasteiger partial charge in [-0.3, -0.25) is 4.79 Å². The molecule has 0 bridgehead atoms. The highest BCUT2D eigenvalue weighted by Crippen LogP contribution is 2.20. The van der Waals surface area contributed by atoms with Gasteiger partial charge in [0.1, 0.15) is 0 Å². The van der Waals surface area contributed by atoms with E-state index in [0.29, 0.717) is 22.1 Å². The van der Waals surface area contributed by atoms with E-state index in [9.17, 15) is 4.79 Å². The van der Waals surface area contributed by atoms with Crippen molar-refractivity contribution in [2.45, 2.75) is 38.6 Å². The van der Waals surface area contributed by atoms with E-state index >= 15 is 0 Å². The molecule has 3 rings (SSSR count). The second-order valence-electron chi connectivity index (χ2n) is 6.32. The first kappa shape index (κ1) is 18.0. The number of thiocarbonyl (C=S) groups is 1. The molecule has 0 amide bonds. The highest BCUT2D eigenvalue weighted by Gasteiger charge is 2.33. The number of hydrogen-bond acceptors (Lipinski definition) is 2. The van der Waals surface area contributed by atoms with Crippen LogP contribution in [0.5, 0.6) is 0 Å². The zero-order chi connectivity index (χ0) is 17.8. The molecule has 1 N–H and O–H groups in total. The van der Waals surface area contributed by atoms with Crippen molar-refractivity contribution in [1.29, 1.82) is 0 Å². The van der Waals surface area contributed by atoms with Gasteiger partial charge in [0.15, 0.2) is 17.4 Å². The first-order valence-corrected chi connectivity index (χ1v) is 9.49. The molecule has 0 fully saturated rings. The van der Waals surface area contributed by atoms with Crippen molar-refractivity contribution in [3.8, 4) is 0 Å². The van der Waals surface area contributed by atoms with Crippen molar-refractivity contribution < 1.29 is 9.36 Å². The van der Waals surface area contributed by atoms with Gasteiger partial charge in [-0.05, 0) is 62.4 Å². The van der Waals surface area contributed by atoms with Gasteiger partial charge in [-0.2, -0.15) is 4.57 Å². The van der Waals surface area contributed by atoms with Crippen molar-refractivity contribution in [1.82, 2.24) is 5.32 Å². The van der Waals surface area contributed by atoms with E-state index in [0.717, 1.165) is 12.8 Å². The molecule has 1 atom stereocenters. The van der Waals surface area contributed by atoms with Crippen LogP contribution in [0.1, 0.15) is 47.3 Å². The van der Waals surface area contributed by atoms with Crippen LogP contribution in [0.2, 0.25) is 5.02 Å². The molecule has 1 unspecified atom stereocenters. The lowest BCUT2D eigenvalue weighted by molar-refractivity contribution is -0.692. The lowest BCUT2D eigenvalue weighted by Gasteiger charge is -2.17. The number of halogens is 1. The van der Waals surface area contributed by atoms with Crippen molar-refractivity contribution >= 4 is 34.6 Å². The Bertz CT molecular complexity index is 789. The van der Waals surface area contributed by atoms with E-state index < -0.39 is 6.04 Å². The second-order valence-corrected chi connectivity index (χ2v) is 7.19. The molecule has 130 valence electrons. The Labute approximate surface area is 159 Å². The van der Waals surface area contributed by atoms with E-state index in [4.69, 9.17) is 23.8 Å². The Morgan fingerprint density at radius 2 is 1.88 bits per heavy atom. The number of likely N-dealkylation sites (N-methyl/N-ethyl adjacent to an activating group) is 1. The van der Waals surface area contributed by atoms with Gasteiger partial charge in [0.2, 0.25) is 5.78 Å². The van der Waals surface area contributed by atoms with Crippen LogP contribution in [0.4, 0.5) is 0 Å². The highest BCUT2D eigenvalue weighted by molar-refractivity contribution is 7.80. The third-order valence-electron chi connectivity index (χ3n) is 4.58. The molecule has 5 heteroatoms. The quantitative estimate of drug-likeness (QED) is 0.490. The summed E-state index contributed by atoms with van der Waals surface area (Å²) in [7, 11) is 0. The van der Waals surface area contributed by atoms with Crippen LogP contribution in [-0.2, 0) is 12.8 Å². The topological polar surface area (TPSA) is 33.0 Å². The lowest BCUT2D eigenvalue weighted by atomic mass is 9.93. The molecule has 0 aliphatic heterocycles. The fraction of sp³-hybridized carbons (Fsp3) is 0.350. The molecular weight excluding hydrogens is 352 g/mol. The molecule has 0 radical (unpaired) electrons. The number of rotatable bonds is 5. The summed E-state index contributed by atoms with van der Waals surface area (Å²) in [5.41, 5.74) is 3.32. The van der Waals surface area contributed by atoms with E-state index in [-0.39, 0.29) is 5.78 Å². The lowest BCUT2D eigenvalue weighted by Crippen LogP contribution is -2.51. The van der Waals surface area contributed by atoms with Crippen LogP contribution in [0.25, 0.3) is 0 Å². The van der Waals surface area contributed by atoms with Crippen LogP contribution in [0.15, 0.2) is 42.7 Å². The number of hydrogen-bond donors (Lipinski definition) is 1. The average Bonchev–Trinajstić information content (AvgIpc) is 2.62. The summed E-state index contributed by atoms with van der Waals surface area (Å²) >= 11 is 11.5. The molecule has 1 aromatic carbocycles. The number of ketones is 1. The smallest absolute Gasteiger partial charge is 0.270 e. The first-order valence-electron chi connectivity index (χ1n) is 8.70. The number of carbonyl (C=O) groups excluding carboxylic acids is 1. The van der Waals surface area contributed by atoms with Gasteiger partial charge in [0, 0.05) is 28.8 Å². The maximum Gasteiger partial charge on any atom is 0.270 e. The van der Waals surface area contributed by atoms with Crippen molar-refractivity contribution in [3.05, 3.63) is 64.4 Å². The van der Waals surface area contributed by atoms with Gasteiger partial charge in [0.05, 0.1) is 0 Å². The second kappa shape index (κ2) is 8.07. The average molecular weight is 374 g/mol. The Hall–Kier alpha value is -1.78. The Morgan fingerprint density at radius 1 is 1.20 bits per heavy atom. The molecule has 1 aliphatic carbocycles. The number of benzene rings is 1. The number of aromatic nitrogens is 1. The summed E-state index contributed by atoms with van der Waals surface area (Å²) < 4.78 is 1.95. The molecule has 0 saturated carbocycles. The van der Waals surface area contributed by atoms with Crippen molar-refractivity contribution in [2.75, 3.05) is 6.54 Å². The predicted octanol–water partition coefficient (Wildman–Crippen LogP) is 3.87. The molecule has 25 heavy (non-hydrogen) atoms. The molecular formula is C20H22ClN2OS+. The number of Topliss-reactive ketones (excluding diaryl/α,β-unsaturated/α-hetero) is 1. The van der Waals surface area contributed by atoms with Gasteiger partial charge >= 0.3 is 0 Å². The molecule has 2 aromatic rings. The van der Waals surface area contributed by atoms with Crippen LogP contribution in [-0.4, -0.2) is 17.3 Å². The van der Waals surface area contributed by atoms with Gasteiger partial charge in [-0.15, -0.1) is 0 Å². The number of aryl methyl sites for hydroxylation is 2. The summed E-state index contributed by atoms with van der Waals surface area (Å²) in [6, 6.07) is 8.57. The number of nitrogens with zero attached hydrogens (tertiary/aromatic N) is 1. The maximum absolute atomic E-state index is 13.1. The predicted molar refractivity (Wildman–Crippen MR) is 104 cm³/mol. The minimum absolute atomic E-state index is 0.0247. The van der Waals surface area contributed by atoms with Crippen LogP contribution in [0.3, 0.4) is 0 Å². The number of carbonyl (C=O) groups is 1. The minimum Gasteiger partial charge on any atom is -0.374 e. The van der Waals surface area contributed by atoms with E-state index in [1.165, 1.54) is 24.0 Å². The van der Waals surface area contributed by atoms with Crippen molar-refractivity contribution in [2.24, 2.45) is 0 Å². The SMILES string of the molecule is CCNC(=S)C(C(=O)c1ccc(Cl)cc1)[n+]1ccc2c(c1)CCCC2. The fourth-order valence-electron chi connectivity index (χ4n) is 3.28. The zero-order valence-corrected chi connectivity index (χ0v) is 15.9. The largest absolute Gasteiger partial charge is 0.374 e. The number of fused-ring (bicyclic) bond motifs is 1. The third-order valence-corrected chi connectivity index (χ3v) is 5.20. The fourth-order valence-corrected chi connectivity index (χ4v) is 3.78. The van der Waals surface area contributed by atoms with Crippen molar-refractivity contribution in [3.63, 3.8) is 0 Å². The standard InChI is InChI=1S/C20H21ClN2OS/c1-2-22-20(25)18(19(24)15-7-9-17(21)10-8-15)23-12-11-14-5-3-4-6-16(14)13-23/h7-13,18H,2-6H2,1H3/p+1. The van der Waals surface area contributed by atoms with E-state index in [2.05, 4.69) is 17.6 Å². The summed E-state index contributed by atoms with van der Waals surface area (Å²) in [6.45, 7) is 2.67. The Balaban J connectivity index is 1.98. The molecule has 3 nitrogen and oxygen atoms in total. The van der Waals surface area contributed by atoms with Crippen LogP contribution < -0.4 is 9.88 Å². The Kier molecular flexibility index (Phi) is 5.82. The van der Waals surface area contributed by atoms with Crippen LogP contribution in [0, 0.1) is 0 Å². The Morgan fingerprint density at radius 3 is 2.56 bits per heavy atom. The summed E-state index contributed by atoms with van der Waals surface area (Å²) in [5, 5.41) is 3.76. The summed E-state index contributed by atoms with van der Waals surface area (Å²) in [4.78, 5) is 13.7. The van der Waals surface area contributed by atoms with Crippen LogP contribution >= 0.6 is 23.8 Å². The van der Waals surface area contributed by atoms with E-state index in [1.807, 2.05) is 17.7 Å². The number of nitrogens with one attached hydrogen (secondary N) is 1. The third kappa shape index (κ3) is 4.07. The van der Waals surface area contributed by atoms with E-state index in [1.54, 1.807) is 24.3 Å². The molecule has 1 aromatic heterocycles. The number of pyridine rings is 1. The minimum atomic E-state index is -0.539. The van der Waals surface area contributed by atoms with Gasteiger partial charge in [-0.1, -0.05) is 23.8 Å². The summed E-state index contributed by atoms with van der Waals surface area (Å²) in [6.07, 6.45) is 8.68. The first-order chi connectivity index (χ1) is 12.1. The maximum atomic E-state index is 13.1. The molecule has 1 heterocycles. The monoisotopic (exact) mass is 373 g/mol. The van der Waals surface area contributed by atoms with Gasteiger partial charge in [-0.25, -0.2) is 0 Å².